The summed E-state index contributed by atoms with van der Waals surface area (Å²) in [5.74, 6) is 0.161. The first-order valence-electron chi connectivity index (χ1n) is 11.0. The zero-order chi connectivity index (χ0) is 23.1. The van der Waals surface area contributed by atoms with Crippen molar-refractivity contribution < 1.29 is 14.7 Å². The van der Waals surface area contributed by atoms with E-state index in [2.05, 4.69) is 20.0 Å². The first-order chi connectivity index (χ1) is 16.0. The molecule has 2 atom stereocenters. The van der Waals surface area contributed by atoms with E-state index < -0.39 is 0 Å². The van der Waals surface area contributed by atoms with Gasteiger partial charge in [-0.15, -0.1) is 0 Å². The highest BCUT2D eigenvalue weighted by atomic mass is 35.5. The molecule has 2 unspecified atom stereocenters. The van der Waals surface area contributed by atoms with Crippen LogP contribution >= 0.6 is 11.6 Å². The van der Waals surface area contributed by atoms with Crippen LogP contribution in [0.3, 0.4) is 0 Å². The molecule has 0 aliphatic carbocycles. The fraction of sp³-hybridized carbons (Fsp3) is 0.455. The van der Waals surface area contributed by atoms with E-state index in [1.54, 1.807) is 34.4 Å². The van der Waals surface area contributed by atoms with Gasteiger partial charge in [-0.1, -0.05) is 23.7 Å². The average Bonchev–Trinajstić information content (AvgIpc) is 3.46. The Bertz CT molecular complexity index is 1360. The third-order valence-corrected chi connectivity index (χ3v) is 6.41. The summed E-state index contributed by atoms with van der Waals surface area (Å²) in [5.41, 5.74) is 1.89. The maximum Gasteiger partial charge on any atom is 0.277 e. The number of piperidine rings is 1. The van der Waals surface area contributed by atoms with Gasteiger partial charge in [0.05, 0.1) is 29.7 Å². The Morgan fingerprint density at radius 1 is 1.30 bits per heavy atom. The molecule has 1 aliphatic heterocycles. The van der Waals surface area contributed by atoms with Crippen LogP contribution in [0.25, 0.3) is 28.1 Å². The standard InChI is InChI=1S/C22H25ClN6O4/c1-13(11-30)21-25-20(26-33-21)18-19-22(32)28(8-7-27-6-2-3-15(31)10-27)17-9-14(23)4-5-16(17)29(19)12-24-18/h4-5,9,12-13,15,30-31H,2-3,6-8,10-11H2,1H3. The van der Waals surface area contributed by atoms with Crippen LogP contribution < -0.4 is 5.56 Å². The molecule has 0 saturated carbocycles. The van der Waals surface area contributed by atoms with Crippen LogP contribution in [0, 0.1) is 0 Å². The molecule has 0 radical (unpaired) electrons. The predicted octanol–water partition coefficient (Wildman–Crippen LogP) is 1.91. The Kier molecular flexibility index (Phi) is 5.92. The number of fused-ring (bicyclic) bond motifs is 3. The van der Waals surface area contributed by atoms with Gasteiger partial charge >= 0.3 is 0 Å². The minimum Gasteiger partial charge on any atom is -0.396 e. The number of aromatic nitrogens is 5. The van der Waals surface area contributed by atoms with Crippen LogP contribution in [0.5, 0.6) is 0 Å². The smallest absolute Gasteiger partial charge is 0.277 e. The van der Waals surface area contributed by atoms with Crippen molar-refractivity contribution in [2.75, 3.05) is 26.2 Å². The summed E-state index contributed by atoms with van der Waals surface area (Å²) in [5, 5.41) is 23.9. The Morgan fingerprint density at radius 3 is 2.94 bits per heavy atom. The molecule has 0 amide bonds. The van der Waals surface area contributed by atoms with E-state index in [9.17, 15) is 15.0 Å². The second-order valence-corrected chi connectivity index (χ2v) is 8.97. The number of nitrogens with zero attached hydrogens (tertiary/aromatic N) is 6. The highest BCUT2D eigenvalue weighted by molar-refractivity contribution is 6.31. The second-order valence-electron chi connectivity index (χ2n) is 8.54. The van der Waals surface area contributed by atoms with Gasteiger partial charge in [0.1, 0.15) is 17.5 Å². The van der Waals surface area contributed by atoms with Crippen LogP contribution in [-0.4, -0.2) is 71.6 Å². The SMILES string of the molecule is CC(CO)c1nc(-c2ncn3c2c(=O)n(CCN2CCCC(O)C2)c2cc(Cl)ccc23)no1. The lowest BCUT2D eigenvalue weighted by atomic mass is 10.1. The zero-order valence-electron chi connectivity index (χ0n) is 18.2. The summed E-state index contributed by atoms with van der Waals surface area (Å²) < 4.78 is 8.69. The quantitative estimate of drug-likeness (QED) is 0.436. The van der Waals surface area contributed by atoms with Crippen molar-refractivity contribution in [2.24, 2.45) is 0 Å². The van der Waals surface area contributed by atoms with Crippen molar-refractivity contribution in [3.05, 3.63) is 45.8 Å². The van der Waals surface area contributed by atoms with Crippen molar-refractivity contribution in [2.45, 2.75) is 38.3 Å². The van der Waals surface area contributed by atoms with E-state index in [1.807, 2.05) is 6.07 Å². The lowest BCUT2D eigenvalue weighted by molar-refractivity contribution is 0.0690. The lowest BCUT2D eigenvalue weighted by Crippen LogP contribution is -2.40. The van der Waals surface area contributed by atoms with Crippen molar-refractivity contribution in [3.63, 3.8) is 0 Å². The van der Waals surface area contributed by atoms with Gasteiger partial charge in [0.25, 0.3) is 5.56 Å². The molecule has 1 fully saturated rings. The molecular weight excluding hydrogens is 448 g/mol. The fourth-order valence-electron chi connectivity index (χ4n) is 4.36. The Hall–Kier alpha value is -2.79. The molecule has 4 heterocycles. The van der Waals surface area contributed by atoms with Crippen LogP contribution in [-0.2, 0) is 6.54 Å². The summed E-state index contributed by atoms with van der Waals surface area (Å²) in [6.07, 6.45) is 2.97. The zero-order valence-corrected chi connectivity index (χ0v) is 18.9. The van der Waals surface area contributed by atoms with Gasteiger partial charge < -0.3 is 19.3 Å². The molecule has 4 aromatic rings. The van der Waals surface area contributed by atoms with E-state index in [1.165, 1.54) is 0 Å². The lowest BCUT2D eigenvalue weighted by Gasteiger charge is -2.30. The number of hydrogen-bond donors (Lipinski definition) is 2. The molecule has 0 bridgehead atoms. The molecular formula is C22H25ClN6O4. The van der Waals surface area contributed by atoms with Crippen LogP contribution in [0.15, 0.2) is 33.8 Å². The number of halogens is 1. The molecule has 1 aromatic carbocycles. The average molecular weight is 473 g/mol. The number of imidazole rings is 1. The number of hydrogen-bond acceptors (Lipinski definition) is 8. The summed E-state index contributed by atoms with van der Waals surface area (Å²) in [6, 6.07) is 5.40. The molecule has 33 heavy (non-hydrogen) atoms. The summed E-state index contributed by atoms with van der Waals surface area (Å²) >= 11 is 6.27. The van der Waals surface area contributed by atoms with E-state index in [-0.39, 0.29) is 35.9 Å². The number of β-amino-alcohol motifs (C(OH)–C–C–N with tert-alkyl or cyclic N) is 1. The molecule has 5 rings (SSSR count). The minimum atomic E-state index is -0.334. The summed E-state index contributed by atoms with van der Waals surface area (Å²) in [4.78, 5) is 24.6. The van der Waals surface area contributed by atoms with E-state index in [4.69, 9.17) is 16.1 Å². The number of benzene rings is 1. The number of aliphatic hydroxyl groups is 2. The number of rotatable bonds is 6. The second kappa shape index (κ2) is 8.86. The molecule has 1 aliphatic rings. The van der Waals surface area contributed by atoms with Gasteiger partial charge in [0.2, 0.25) is 11.7 Å². The number of likely N-dealkylation sites (tertiary alicyclic amines) is 1. The molecule has 174 valence electrons. The van der Waals surface area contributed by atoms with Crippen LogP contribution in [0.2, 0.25) is 5.02 Å². The first-order valence-corrected chi connectivity index (χ1v) is 11.4. The Labute approximate surface area is 194 Å². The minimum absolute atomic E-state index is 0.130. The van der Waals surface area contributed by atoms with Crippen LogP contribution in [0.4, 0.5) is 0 Å². The van der Waals surface area contributed by atoms with E-state index in [0.717, 1.165) is 24.9 Å². The van der Waals surface area contributed by atoms with Gasteiger partial charge in [0, 0.05) is 24.7 Å². The van der Waals surface area contributed by atoms with E-state index in [0.29, 0.717) is 41.4 Å². The molecule has 2 N–H and O–H groups in total. The predicted molar refractivity (Wildman–Crippen MR) is 122 cm³/mol. The molecule has 3 aromatic heterocycles. The third kappa shape index (κ3) is 4.04. The first kappa shape index (κ1) is 22.0. The van der Waals surface area contributed by atoms with Gasteiger partial charge in [-0.2, -0.15) is 4.98 Å². The molecule has 11 heteroatoms. The van der Waals surface area contributed by atoms with Crippen LogP contribution in [0.1, 0.15) is 31.6 Å². The molecule has 0 spiro atoms. The summed E-state index contributed by atoms with van der Waals surface area (Å²) in [7, 11) is 0. The van der Waals surface area contributed by atoms with Crippen molar-refractivity contribution in [3.8, 4) is 11.5 Å². The molecule has 10 nitrogen and oxygen atoms in total. The normalized spacial score (nSPS) is 18.4. The van der Waals surface area contributed by atoms with E-state index >= 15 is 0 Å². The highest BCUT2D eigenvalue weighted by Gasteiger charge is 2.23. The van der Waals surface area contributed by atoms with Gasteiger partial charge in [-0.05, 0) is 37.6 Å². The van der Waals surface area contributed by atoms with Gasteiger partial charge in [-0.25, -0.2) is 4.98 Å². The van der Waals surface area contributed by atoms with Crippen molar-refractivity contribution in [1.82, 2.24) is 29.0 Å². The maximum absolute atomic E-state index is 13.7. The summed E-state index contributed by atoms with van der Waals surface area (Å²) in [6.45, 7) is 4.18. The largest absolute Gasteiger partial charge is 0.396 e. The highest BCUT2D eigenvalue weighted by Crippen LogP contribution is 2.25. The Balaban J connectivity index is 1.62. The van der Waals surface area contributed by atoms with Gasteiger partial charge in [-0.3, -0.25) is 14.1 Å². The maximum atomic E-state index is 13.7. The Morgan fingerprint density at radius 2 is 2.15 bits per heavy atom. The topological polar surface area (TPSA) is 122 Å². The molecule has 1 saturated heterocycles. The monoisotopic (exact) mass is 472 g/mol. The fourth-order valence-corrected chi connectivity index (χ4v) is 4.53. The number of aliphatic hydroxyl groups excluding tert-OH is 2. The third-order valence-electron chi connectivity index (χ3n) is 6.17. The van der Waals surface area contributed by atoms with Crippen molar-refractivity contribution in [1.29, 1.82) is 0 Å². The van der Waals surface area contributed by atoms with Crippen molar-refractivity contribution >= 4 is 28.2 Å². The van der Waals surface area contributed by atoms with Gasteiger partial charge in [0.15, 0.2) is 0 Å².